The summed E-state index contributed by atoms with van der Waals surface area (Å²) in [4.78, 5) is 11.7. The lowest BCUT2D eigenvalue weighted by molar-refractivity contribution is 0.0953. The topological polar surface area (TPSA) is 67.2 Å². The van der Waals surface area contributed by atoms with E-state index in [-0.39, 0.29) is 5.91 Å². The van der Waals surface area contributed by atoms with Crippen molar-refractivity contribution >= 4 is 17.3 Å². The third-order valence-electron chi connectivity index (χ3n) is 2.55. The first-order chi connectivity index (χ1) is 8.54. The summed E-state index contributed by atoms with van der Waals surface area (Å²) in [5.74, 6) is 0.482. The van der Waals surface area contributed by atoms with Crippen molar-refractivity contribution in [3.05, 3.63) is 23.8 Å². The molecule has 0 atom stereocenters. The molecule has 0 aliphatic heterocycles. The monoisotopic (exact) mass is 249 g/mol. The van der Waals surface area contributed by atoms with Crippen LogP contribution in [0.15, 0.2) is 18.2 Å². The first-order valence-electron chi connectivity index (χ1n) is 6.46. The molecule has 1 aromatic carbocycles. The molecule has 4 N–H and O–H groups in total. The van der Waals surface area contributed by atoms with Gasteiger partial charge in [0, 0.05) is 18.7 Å². The Balaban J connectivity index is 2.69. The number of nitrogens with one attached hydrogen (secondary N) is 2. The van der Waals surface area contributed by atoms with Gasteiger partial charge in [-0.2, -0.15) is 0 Å². The molecule has 4 heteroatoms. The molecule has 0 aromatic heterocycles. The molecule has 0 aliphatic rings. The maximum atomic E-state index is 11.7. The van der Waals surface area contributed by atoms with Crippen molar-refractivity contribution in [3.63, 3.8) is 0 Å². The highest BCUT2D eigenvalue weighted by atomic mass is 16.1. The summed E-state index contributed by atoms with van der Waals surface area (Å²) in [6.45, 7) is 7.84. The second-order valence-electron chi connectivity index (χ2n) is 4.83. The van der Waals surface area contributed by atoms with E-state index in [1.165, 1.54) is 0 Å². The van der Waals surface area contributed by atoms with Crippen LogP contribution in [0.3, 0.4) is 0 Å². The number of benzene rings is 1. The highest BCUT2D eigenvalue weighted by Crippen LogP contribution is 2.20. The summed E-state index contributed by atoms with van der Waals surface area (Å²) in [6.07, 6.45) is 0.926. The fraction of sp³-hybridized carbons (Fsp3) is 0.500. The van der Waals surface area contributed by atoms with Gasteiger partial charge in [-0.25, -0.2) is 0 Å². The zero-order valence-corrected chi connectivity index (χ0v) is 11.4. The van der Waals surface area contributed by atoms with E-state index in [0.29, 0.717) is 23.7 Å². The fourth-order valence-electron chi connectivity index (χ4n) is 1.52. The van der Waals surface area contributed by atoms with Gasteiger partial charge < -0.3 is 16.4 Å². The van der Waals surface area contributed by atoms with Crippen LogP contribution in [0, 0.1) is 5.92 Å². The molecular weight excluding hydrogens is 226 g/mol. The highest BCUT2D eigenvalue weighted by molar-refractivity contribution is 5.96. The van der Waals surface area contributed by atoms with Crippen LogP contribution in [-0.2, 0) is 0 Å². The Morgan fingerprint density at radius 2 is 2.11 bits per heavy atom. The molecule has 1 amide bonds. The molecule has 0 saturated carbocycles. The van der Waals surface area contributed by atoms with Crippen molar-refractivity contribution in [3.8, 4) is 0 Å². The Bertz CT molecular complexity index is 402. The van der Waals surface area contributed by atoms with E-state index >= 15 is 0 Å². The fourth-order valence-corrected chi connectivity index (χ4v) is 1.52. The Labute approximate surface area is 109 Å². The van der Waals surface area contributed by atoms with Gasteiger partial charge in [-0.05, 0) is 30.5 Å². The number of nitrogen functional groups attached to an aromatic ring is 1. The number of hydrogen-bond acceptors (Lipinski definition) is 3. The summed E-state index contributed by atoms with van der Waals surface area (Å²) in [7, 11) is 0. The van der Waals surface area contributed by atoms with Crippen molar-refractivity contribution in [2.24, 2.45) is 5.92 Å². The van der Waals surface area contributed by atoms with E-state index < -0.39 is 0 Å². The van der Waals surface area contributed by atoms with Gasteiger partial charge in [0.15, 0.2) is 0 Å². The van der Waals surface area contributed by atoms with Crippen LogP contribution in [0.4, 0.5) is 11.4 Å². The molecule has 0 fully saturated rings. The summed E-state index contributed by atoms with van der Waals surface area (Å²) in [5, 5.41) is 6.10. The highest BCUT2D eigenvalue weighted by Gasteiger charge is 2.07. The van der Waals surface area contributed by atoms with Crippen LogP contribution in [0.1, 0.15) is 37.6 Å². The molecule has 0 aliphatic carbocycles. The number of anilines is 2. The SMILES string of the molecule is CCCNC(=O)c1ccc(NCC(C)C)c(N)c1. The number of carbonyl (C=O) groups excluding carboxylic acids is 1. The average Bonchev–Trinajstić information content (AvgIpc) is 2.34. The molecule has 0 heterocycles. The predicted molar refractivity (Wildman–Crippen MR) is 76.8 cm³/mol. The van der Waals surface area contributed by atoms with Gasteiger partial charge in [0.1, 0.15) is 0 Å². The molecular formula is C14H23N3O. The maximum Gasteiger partial charge on any atom is 0.251 e. The predicted octanol–water partition coefficient (Wildman–Crippen LogP) is 2.48. The van der Waals surface area contributed by atoms with Gasteiger partial charge in [0.25, 0.3) is 5.91 Å². The van der Waals surface area contributed by atoms with Crippen LogP contribution in [0.5, 0.6) is 0 Å². The van der Waals surface area contributed by atoms with Gasteiger partial charge >= 0.3 is 0 Å². The molecule has 4 nitrogen and oxygen atoms in total. The van der Waals surface area contributed by atoms with Gasteiger partial charge in [-0.3, -0.25) is 4.79 Å². The van der Waals surface area contributed by atoms with Crippen molar-refractivity contribution in [2.75, 3.05) is 24.1 Å². The number of amides is 1. The summed E-state index contributed by atoms with van der Waals surface area (Å²) >= 11 is 0. The van der Waals surface area contributed by atoms with E-state index in [9.17, 15) is 4.79 Å². The van der Waals surface area contributed by atoms with Crippen molar-refractivity contribution < 1.29 is 4.79 Å². The van der Waals surface area contributed by atoms with E-state index in [0.717, 1.165) is 18.7 Å². The van der Waals surface area contributed by atoms with Gasteiger partial charge in [-0.15, -0.1) is 0 Å². The molecule has 0 bridgehead atoms. The van der Waals surface area contributed by atoms with Gasteiger partial charge in [0.05, 0.1) is 11.4 Å². The van der Waals surface area contributed by atoms with Crippen molar-refractivity contribution in [1.29, 1.82) is 0 Å². The Morgan fingerprint density at radius 1 is 1.39 bits per heavy atom. The normalized spacial score (nSPS) is 10.4. The van der Waals surface area contributed by atoms with Gasteiger partial charge in [0.2, 0.25) is 0 Å². The molecule has 0 radical (unpaired) electrons. The molecule has 0 unspecified atom stereocenters. The minimum absolute atomic E-state index is 0.0704. The van der Waals surface area contributed by atoms with Gasteiger partial charge in [-0.1, -0.05) is 20.8 Å². The number of rotatable bonds is 6. The zero-order chi connectivity index (χ0) is 13.5. The molecule has 100 valence electrons. The number of hydrogen-bond donors (Lipinski definition) is 3. The van der Waals surface area contributed by atoms with Crippen molar-refractivity contribution in [2.45, 2.75) is 27.2 Å². The standard InChI is InChI=1S/C14H23N3O/c1-4-7-16-14(18)11-5-6-13(12(15)8-11)17-9-10(2)3/h5-6,8,10,17H,4,7,9,15H2,1-3H3,(H,16,18). The van der Waals surface area contributed by atoms with Crippen LogP contribution < -0.4 is 16.4 Å². The average molecular weight is 249 g/mol. The minimum atomic E-state index is -0.0704. The summed E-state index contributed by atoms with van der Waals surface area (Å²) in [6, 6.07) is 5.37. The van der Waals surface area contributed by atoms with Crippen LogP contribution in [0.2, 0.25) is 0 Å². The first-order valence-corrected chi connectivity index (χ1v) is 6.46. The lowest BCUT2D eigenvalue weighted by Crippen LogP contribution is -2.24. The minimum Gasteiger partial charge on any atom is -0.397 e. The van der Waals surface area contributed by atoms with Crippen LogP contribution in [-0.4, -0.2) is 19.0 Å². The summed E-state index contributed by atoms with van der Waals surface area (Å²) in [5.41, 5.74) is 8.03. The second kappa shape index (κ2) is 6.89. The lowest BCUT2D eigenvalue weighted by Gasteiger charge is -2.12. The Kier molecular flexibility index (Phi) is 5.49. The van der Waals surface area contributed by atoms with E-state index in [4.69, 9.17) is 5.73 Å². The quantitative estimate of drug-likeness (QED) is 0.678. The maximum absolute atomic E-state index is 11.7. The summed E-state index contributed by atoms with van der Waals surface area (Å²) < 4.78 is 0. The third kappa shape index (κ3) is 4.28. The molecule has 1 rings (SSSR count). The van der Waals surface area contributed by atoms with E-state index in [2.05, 4.69) is 24.5 Å². The molecule has 0 spiro atoms. The smallest absolute Gasteiger partial charge is 0.251 e. The molecule has 1 aromatic rings. The Hall–Kier alpha value is -1.71. The number of nitrogens with two attached hydrogens (primary N) is 1. The first kappa shape index (κ1) is 14.4. The van der Waals surface area contributed by atoms with Crippen LogP contribution >= 0.6 is 0 Å². The molecule has 18 heavy (non-hydrogen) atoms. The zero-order valence-electron chi connectivity index (χ0n) is 11.4. The molecule has 0 saturated heterocycles. The lowest BCUT2D eigenvalue weighted by atomic mass is 10.1. The van der Waals surface area contributed by atoms with E-state index in [1.54, 1.807) is 12.1 Å². The second-order valence-corrected chi connectivity index (χ2v) is 4.83. The number of carbonyl (C=O) groups is 1. The van der Waals surface area contributed by atoms with Crippen molar-refractivity contribution in [1.82, 2.24) is 5.32 Å². The van der Waals surface area contributed by atoms with E-state index in [1.807, 2.05) is 13.0 Å². The largest absolute Gasteiger partial charge is 0.397 e. The third-order valence-corrected chi connectivity index (χ3v) is 2.55. The van der Waals surface area contributed by atoms with Crippen LogP contribution in [0.25, 0.3) is 0 Å². The Morgan fingerprint density at radius 3 is 2.67 bits per heavy atom.